The number of benzene rings is 1. The van der Waals surface area contributed by atoms with Crippen molar-refractivity contribution in [1.82, 2.24) is 4.72 Å². The van der Waals surface area contributed by atoms with E-state index in [0.29, 0.717) is 11.4 Å². The molecule has 0 bridgehead atoms. The zero-order valence-electron chi connectivity index (χ0n) is 10.0. The summed E-state index contributed by atoms with van der Waals surface area (Å²) in [6.07, 6.45) is 0. The summed E-state index contributed by atoms with van der Waals surface area (Å²) in [5, 5.41) is 8.70. The highest BCUT2D eigenvalue weighted by Crippen LogP contribution is 2.25. The summed E-state index contributed by atoms with van der Waals surface area (Å²) in [4.78, 5) is 12.0. The number of likely N-dealkylation sites (N-methyl/N-ethyl adjacent to an activating group) is 1. The number of nitrogens with zero attached hydrogens (tertiary/aromatic N) is 1. The smallest absolute Gasteiger partial charge is 0.323 e. The molecule has 0 unspecified atom stereocenters. The average molecular weight is 273 g/mol. The van der Waals surface area contributed by atoms with Gasteiger partial charge in [0.25, 0.3) is 0 Å². The molecule has 0 spiro atoms. The van der Waals surface area contributed by atoms with Crippen LogP contribution >= 0.6 is 0 Å². The van der Waals surface area contributed by atoms with Gasteiger partial charge in [0.1, 0.15) is 6.54 Å². The molecule has 0 fully saturated rings. The maximum atomic E-state index is 11.6. The van der Waals surface area contributed by atoms with Crippen molar-refractivity contribution in [2.24, 2.45) is 0 Å². The van der Waals surface area contributed by atoms with E-state index in [9.17, 15) is 13.2 Å². The molecule has 1 aromatic carbocycles. The Balaban J connectivity index is 3.21. The van der Waals surface area contributed by atoms with Crippen LogP contribution in [0.1, 0.15) is 0 Å². The molecule has 0 aliphatic carbocycles. The first-order valence-corrected chi connectivity index (χ1v) is 6.52. The highest BCUT2D eigenvalue weighted by atomic mass is 32.2. The molecule has 0 saturated heterocycles. The molecule has 0 atom stereocenters. The van der Waals surface area contributed by atoms with Crippen LogP contribution in [0.3, 0.4) is 0 Å². The number of nitrogen functional groups attached to an aromatic ring is 1. The summed E-state index contributed by atoms with van der Waals surface area (Å²) in [5.41, 5.74) is 6.37. The van der Waals surface area contributed by atoms with Gasteiger partial charge in [0.2, 0.25) is 10.0 Å². The Kier molecular flexibility index (Phi) is 4.15. The SMILES string of the molecule is CNS(=O)(=O)c1ccc(N)c(N(C)CC(=O)O)c1. The number of nitrogens with two attached hydrogens (primary N) is 1. The number of carboxylic acid groups (broad SMARTS) is 1. The quantitative estimate of drug-likeness (QED) is 0.635. The minimum Gasteiger partial charge on any atom is -0.480 e. The predicted molar refractivity (Wildman–Crippen MR) is 68.0 cm³/mol. The Labute approximate surface area is 105 Å². The molecule has 100 valence electrons. The summed E-state index contributed by atoms with van der Waals surface area (Å²) < 4.78 is 25.4. The van der Waals surface area contributed by atoms with Crippen molar-refractivity contribution >= 4 is 27.4 Å². The fourth-order valence-electron chi connectivity index (χ4n) is 1.43. The Hall–Kier alpha value is -1.80. The first-order chi connectivity index (χ1) is 8.27. The average Bonchev–Trinajstić information content (AvgIpc) is 2.28. The van der Waals surface area contributed by atoms with Gasteiger partial charge in [-0.1, -0.05) is 0 Å². The molecule has 1 rings (SSSR count). The van der Waals surface area contributed by atoms with E-state index in [4.69, 9.17) is 10.8 Å². The third kappa shape index (κ3) is 3.11. The van der Waals surface area contributed by atoms with Gasteiger partial charge >= 0.3 is 5.97 Å². The molecular weight excluding hydrogens is 258 g/mol. The normalized spacial score (nSPS) is 11.2. The summed E-state index contributed by atoms with van der Waals surface area (Å²) in [5.74, 6) is -1.03. The van der Waals surface area contributed by atoms with E-state index in [1.807, 2.05) is 0 Å². The second-order valence-corrected chi connectivity index (χ2v) is 5.56. The van der Waals surface area contributed by atoms with Crippen molar-refractivity contribution in [3.05, 3.63) is 18.2 Å². The summed E-state index contributed by atoms with van der Waals surface area (Å²) in [6.45, 7) is -0.271. The van der Waals surface area contributed by atoms with Crippen LogP contribution < -0.4 is 15.4 Å². The molecule has 0 saturated carbocycles. The minimum absolute atomic E-state index is 0.0337. The predicted octanol–water partition coefficient (Wildman–Crippen LogP) is -0.302. The lowest BCUT2D eigenvalue weighted by Gasteiger charge is -2.19. The van der Waals surface area contributed by atoms with Crippen LogP contribution in [0.4, 0.5) is 11.4 Å². The van der Waals surface area contributed by atoms with Crippen LogP contribution in [-0.2, 0) is 14.8 Å². The highest BCUT2D eigenvalue weighted by Gasteiger charge is 2.16. The van der Waals surface area contributed by atoms with E-state index in [0.717, 1.165) is 0 Å². The molecule has 7 nitrogen and oxygen atoms in total. The lowest BCUT2D eigenvalue weighted by Crippen LogP contribution is -2.26. The van der Waals surface area contributed by atoms with Gasteiger partial charge in [-0.2, -0.15) is 0 Å². The number of rotatable bonds is 5. The van der Waals surface area contributed by atoms with Crippen molar-refractivity contribution in [2.75, 3.05) is 31.3 Å². The molecule has 0 aromatic heterocycles. The van der Waals surface area contributed by atoms with Gasteiger partial charge in [0.15, 0.2) is 0 Å². The summed E-state index contributed by atoms with van der Waals surface area (Å²) in [7, 11) is -0.758. The molecule has 18 heavy (non-hydrogen) atoms. The number of sulfonamides is 1. The maximum Gasteiger partial charge on any atom is 0.323 e. The van der Waals surface area contributed by atoms with Crippen LogP contribution in [0.2, 0.25) is 0 Å². The highest BCUT2D eigenvalue weighted by molar-refractivity contribution is 7.89. The fourth-order valence-corrected chi connectivity index (χ4v) is 2.18. The zero-order chi connectivity index (χ0) is 13.9. The molecule has 0 aliphatic rings. The van der Waals surface area contributed by atoms with Gasteiger partial charge in [-0.05, 0) is 25.2 Å². The fraction of sp³-hybridized carbons (Fsp3) is 0.300. The van der Waals surface area contributed by atoms with Gasteiger partial charge in [-0.25, -0.2) is 13.1 Å². The van der Waals surface area contributed by atoms with Crippen LogP contribution in [0.5, 0.6) is 0 Å². The van der Waals surface area contributed by atoms with Gasteiger partial charge in [0.05, 0.1) is 16.3 Å². The summed E-state index contributed by atoms with van der Waals surface area (Å²) >= 11 is 0. The Morgan fingerprint density at radius 3 is 2.61 bits per heavy atom. The molecule has 0 heterocycles. The Morgan fingerprint density at radius 1 is 1.50 bits per heavy atom. The van der Waals surface area contributed by atoms with E-state index < -0.39 is 16.0 Å². The lowest BCUT2D eigenvalue weighted by atomic mass is 10.2. The van der Waals surface area contributed by atoms with E-state index in [-0.39, 0.29) is 11.4 Å². The van der Waals surface area contributed by atoms with Crippen molar-refractivity contribution in [3.8, 4) is 0 Å². The monoisotopic (exact) mass is 273 g/mol. The third-order valence-electron chi connectivity index (χ3n) is 2.36. The molecular formula is C10H15N3O4S. The van der Waals surface area contributed by atoms with Crippen molar-refractivity contribution in [3.63, 3.8) is 0 Å². The minimum atomic E-state index is -3.58. The van der Waals surface area contributed by atoms with Crippen molar-refractivity contribution in [1.29, 1.82) is 0 Å². The number of hydrogen-bond acceptors (Lipinski definition) is 5. The number of hydrogen-bond donors (Lipinski definition) is 3. The van der Waals surface area contributed by atoms with Gasteiger partial charge in [-0.15, -0.1) is 0 Å². The van der Waals surface area contributed by atoms with Gasteiger partial charge < -0.3 is 15.7 Å². The number of carboxylic acids is 1. The number of anilines is 2. The third-order valence-corrected chi connectivity index (χ3v) is 3.78. The molecule has 8 heteroatoms. The van der Waals surface area contributed by atoms with Gasteiger partial charge in [-0.3, -0.25) is 4.79 Å². The Bertz CT molecular complexity index is 556. The standard InChI is InChI=1S/C10H15N3O4S/c1-12-18(16,17)7-3-4-8(11)9(5-7)13(2)6-10(14)15/h3-5,12H,6,11H2,1-2H3,(H,14,15). The molecule has 0 amide bonds. The van der Waals surface area contributed by atoms with E-state index in [1.54, 1.807) is 0 Å². The lowest BCUT2D eigenvalue weighted by molar-refractivity contribution is -0.135. The number of carbonyl (C=O) groups is 1. The van der Waals surface area contributed by atoms with Crippen LogP contribution in [0.15, 0.2) is 23.1 Å². The Morgan fingerprint density at radius 2 is 2.11 bits per heavy atom. The first-order valence-electron chi connectivity index (χ1n) is 5.04. The topological polar surface area (TPSA) is 113 Å². The summed E-state index contributed by atoms with van der Waals surface area (Å²) in [6, 6.07) is 4.13. The number of aliphatic carboxylic acids is 1. The zero-order valence-corrected chi connectivity index (χ0v) is 10.9. The van der Waals surface area contributed by atoms with Crippen LogP contribution in [0, 0.1) is 0 Å². The first kappa shape index (κ1) is 14.3. The van der Waals surface area contributed by atoms with E-state index in [2.05, 4.69) is 4.72 Å². The molecule has 0 radical (unpaired) electrons. The van der Waals surface area contributed by atoms with Crippen molar-refractivity contribution in [2.45, 2.75) is 4.90 Å². The van der Waals surface area contributed by atoms with E-state index >= 15 is 0 Å². The number of nitrogens with one attached hydrogen (secondary N) is 1. The molecule has 4 N–H and O–H groups in total. The van der Waals surface area contributed by atoms with E-state index in [1.165, 1.54) is 37.2 Å². The second kappa shape index (κ2) is 5.23. The van der Waals surface area contributed by atoms with Gasteiger partial charge in [0, 0.05) is 7.05 Å². The maximum absolute atomic E-state index is 11.6. The van der Waals surface area contributed by atoms with Crippen LogP contribution in [-0.4, -0.2) is 40.1 Å². The van der Waals surface area contributed by atoms with Crippen LogP contribution in [0.25, 0.3) is 0 Å². The largest absolute Gasteiger partial charge is 0.480 e. The molecule has 1 aromatic rings. The second-order valence-electron chi connectivity index (χ2n) is 3.68. The van der Waals surface area contributed by atoms with Crippen molar-refractivity contribution < 1.29 is 18.3 Å². The molecule has 0 aliphatic heterocycles.